The van der Waals surface area contributed by atoms with E-state index in [1.165, 1.54) is 23.5 Å². The molecule has 1 amide bonds. The predicted octanol–water partition coefficient (Wildman–Crippen LogP) is 3.57. The van der Waals surface area contributed by atoms with Gasteiger partial charge in [0, 0.05) is 24.6 Å². The van der Waals surface area contributed by atoms with Crippen molar-refractivity contribution in [1.29, 1.82) is 0 Å². The SMILES string of the molecule is COC1CC(CC(=O)O)N(C(=O)c2cc(-c3ccc(F)cc3)c(C)s2)C1. The maximum Gasteiger partial charge on any atom is 0.305 e. The highest BCUT2D eigenvalue weighted by molar-refractivity contribution is 7.14. The van der Waals surface area contributed by atoms with Gasteiger partial charge in [0.1, 0.15) is 5.82 Å². The van der Waals surface area contributed by atoms with E-state index in [1.807, 2.05) is 6.92 Å². The number of benzene rings is 1. The molecule has 1 aromatic heterocycles. The first kappa shape index (κ1) is 18.5. The smallest absolute Gasteiger partial charge is 0.305 e. The molecule has 5 nitrogen and oxygen atoms in total. The third kappa shape index (κ3) is 3.78. The van der Waals surface area contributed by atoms with Crippen LogP contribution in [0.4, 0.5) is 4.39 Å². The van der Waals surface area contributed by atoms with Crippen LogP contribution in [0.5, 0.6) is 0 Å². The van der Waals surface area contributed by atoms with E-state index in [0.29, 0.717) is 17.8 Å². The van der Waals surface area contributed by atoms with Crippen LogP contribution < -0.4 is 0 Å². The van der Waals surface area contributed by atoms with Crippen LogP contribution in [0.1, 0.15) is 27.4 Å². The van der Waals surface area contributed by atoms with Gasteiger partial charge in [0.05, 0.1) is 17.4 Å². The van der Waals surface area contributed by atoms with Gasteiger partial charge in [0.2, 0.25) is 0 Å². The molecule has 1 aliphatic heterocycles. The van der Waals surface area contributed by atoms with E-state index >= 15 is 0 Å². The third-order valence-electron chi connectivity index (χ3n) is 4.66. The van der Waals surface area contributed by atoms with Crippen molar-refractivity contribution in [1.82, 2.24) is 4.90 Å². The van der Waals surface area contributed by atoms with Crippen LogP contribution in [0, 0.1) is 12.7 Å². The van der Waals surface area contributed by atoms with Crippen molar-refractivity contribution in [3.63, 3.8) is 0 Å². The zero-order chi connectivity index (χ0) is 18.8. The maximum absolute atomic E-state index is 13.1. The van der Waals surface area contributed by atoms with E-state index in [2.05, 4.69) is 0 Å². The standard InChI is InChI=1S/C19H20FNO4S/c1-11-16(12-3-5-13(20)6-4-12)9-17(26-11)19(24)21-10-15(25-2)7-14(21)8-18(22)23/h3-6,9,14-15H,7-8,10H2,1-2H3,(H,22,23). The minimum Gasteiger partial charge on any atom is -0.481 e. The first-order valence-corrected chi connectivity index (χ1v) is 9.12. The molecule has 0 radical (unpaired) electrons. The number of hydrogen-bond donors (Lipinski definition) is 1. The third-order valence-corrected chi connectivity index (χ3v) is 5.70. The van der Waals surface area contributed by atoms with Gasteiger partial charge < -0.3 is 14.7 Å². The fraction of sp³-hybridized carbons (Fsp3) is 0.368. The highest BCUT2D eigenvalue weighted by Gasteiger charge is 2.37. The van der Waals surface area contributed by atoms with Crippen LogP contribution >= 0.6 is 11.3 Å². The Morgan fingerprint density at radius 2 is 2.04 bits per heavy atom. The van der Waals surface area contributed by atoms with Crippen molar-refractivity contribution in [2.24, 2.45) is 0 Å². The summed E-state index contributed by atoms with van der Waals surface area (Å²) in [5.74, 6) is -1.42. The summed E-state index contributed by atoms with van der Waals surface area (Å²) in [6, 6.07) is 7.57. The molecule has 7 heteroatoms. The van der Waals surface area contributed by atoms with Crippen molar-refractivity contribution in [2.45, 2.75) is 31.9 Å². The number of methoxy groups -OCH3 is 1. The monoisotopic (exact) mass is 377 g/mol. The van der Waals surface area contributed by atoms with Crippen LogP contribution in [0.2, 0.25) is 0 Å². The van der Waals surface area contributed by atoms with E-state index in [-0.39, 0.29) is 30.3 Å². The molecule has 138 valence electrons. The maximum atomic E-state index is 13.1. The normalized spacial score (nSPS) is 19.7. The van der Waals surface area contributed by atoms with Gasteiger partial charge in [0.25, 0.3) is 5.91 Å². The van der Waals surface area contributed by atoms with Crippen molar-refractivity contribution >= 4 is 23.2 Å². The number of carboxylic acids is 1. The molecule has 2 heterocycles. The molecule has 0 spiro atoms. The molecule has 2 unspecified atom stereocenters. The first-order chi connectivity index (χ1) is 12.4. The molecule has 26 heavy (non-hydrogen) atoms. The van der Waals surface area contributed by atoms with Crippen molar-refractivity contribution in [3.05, 3.63) is 45.9 Å². The molecule has 0 saturated carbocycles. The van der Waals surface area contributed by atoms with E-state index in [0.717, 1.165) is 16.0 Å². The number of amides is 1. The molecule has 1 aliphatic rings. The molecule has 1 N–H and O–H groups in total. The summed E-state index contributed by atoms with van der Waals surface area (Å²) in [5.41, 5.74) is 1.73. The van der Waals surface area contributed by atoms with E-state index in [4.69, 9.17) is 9.84 Å². The van der Waals surface area contributed by atoms with Gasteiger partial charge in [0.15, 0.2) is 0 Å². The Morgan fingerprint density at radius 1 is 1.35 bits per heavy atom. The van der Waals surface area contributed by atoms with Gasteiger partial charge in [-0.15, -0.1) is 11.3 Å². The second kappa shape index (κ2) is 7.55. The van der Waals surface area contributed by atoms with Gasteiger partial charge in [-0.25, -0.2) is 4.39 Å². The molecule has 2 atom stereocenters. The molecule has 0 aliphatic carbocycles. The second-order valence-electron chi connectivity index (χ2n) is 6.39. The Bertz CT molecular complexity index is 817. The van der Waals surface area contributed by atoms with Crippen LogP contribution in [-0.2, 0) is 9.53 Å². The number of ether oxygens (including phenoxy) is 1. The van der Waals surface area contributed by atoms with Gasteiger partial charge in [-0.2, -0.15) is 0 Å². The molecule has 1 aromatic carbocycles. The topological polar surface area (TPSA) is 66.8 Å². The fourth-order valence-electron chi connectivity index (χ4n) is 3.33. The number of likely N-dealkylation sites (tertiary alicyclic amines) is 1. The van der Waals surface area contributed by atoms with Gasteiger partial charge >= 0.3 is 5.97 Å². The number of aliphatic carboxylic acids is 1. The van der Waals surface area contributed by atoms with Gasteiger partial charge in [-0.3, -0.25) is 9.59 Å². The quantitative estimate of drug-likeness (QED) is 0.865. The number of nitrogens with zero attached hydrogens (tertiary/aromatic N) is 1. The number of aryl methyl sites for hydroxylation is 1. The summed E-state index contributed by atoms with van der Waals surface area (Å²) in [6.45, 7) is 2.30. The van der Waals surface area contributed by atoms with E-state index in [9.17, 15) is 14.0 Å². The molecule has 1 fully saturated rings. The number of carbonyl (C=O) groups is 2. The summed E-state index contributed by atoms with van der Waals surface area (Å²) in [6.07, 6.45) is 0.269. The van der Waals surface area contributed by atoms with Gasteiger partial charge in [-0.05, 0) is 42.7 Å². The van der Waals surface area contributed by atoms with Crippen LogP contribution in [-0.4, -0.2) is 47.7 Å². The van der Waals surface area contributed by atoms with Crippen LogP contribution in [0.25, 0.3) is 11.1 Å². The van der Waals surface area contributed by atoms with Crippen LogP contribution in [0.3, 0.4) is 0 Å². The number of halogens is 1. The minimum absolute atomic E-state index is 0.0965. The number of carbonyl (C=O) groups excluding carboxylic acids is 1. The Labute approximate surface area is 155 Å². The Balaban J connectivity index is 1.86. The second-order valence-corrected chi connectivity index (χ2v) is 7.65. The van der Waals surface area contributed by atoms with Crippen LogP contribution in [0.15, 0.2) is 30.3 Å². The lowest BCUT2D eigenvalue weighted by molar-refractivity contribution is -0.137. The average Bonchev–Trinajstić information content (AvgIpc) is 3.18. The zero-order valence-electron chi connectivity index (χ0n) is 14.6. The number of thiophene rings is 1. The number of rotatable bonds is 5. The number of carboxylic acid groups (broad SMARTS) is 1. The number of hydrogen-bond acceptors (Lipinski definition) is 4. The predicted molar refractivity (Wildman–Crippen MR) is 96.9 cm³/mol. The van der Waals surface area contributed by atoms with E-state index < -0.39 is 5.97 Å². The molecule has 2 aromatic rings. The van der Waals surface area contributed by atoms with Crippen molar-refractivity contribution < 1.29 is 23.8 Å². The first-order valence-electron chi connectivity index (χ1n) is 8.31. The molecule has 3 rings (SSSR count). The molecular formula is C19H20FNO4S. The Kier molecular flexibility index (Phi) is 5.38. The van der Waals surface area contributed by atoms with Crippen molar-refractivity contribution in [3.8, 4) is 11.1 Å². The van der Waals surface area contributed by atoms with Crippen molar-refractivity contribution in [2.75, 3.05) is 13.7 Å². The van der Waals surface area contributed by atoms with Gasteiger partial charge in [-0.1, -0.05) is 12.1 Å². The Morgan fingerprint density at radius 3 is 2.65 bits per heavy atom. The zero-order valence-corrected chi connectivity index (χ0v) is 15.4. The lowest BCUT2D eigenvalue weighted by Gasteiger charge is -2.22. The molecule has 0 bridgehead atoms. The summed E-state index contributed by atoms with van der Waals surface area (Å²) >= 11 is 1.36. The average molecular weight is 377 g/mol. The summed E-state index contributed by atoms with van der Waals surface area (Å²) in [4.78, 5) is 27.2. The highest BCUT2D eigenvalue weighted by Crippen LogP contribution is 2.33. The minimum atomic E-state index is -0.932. The summed E-state index contributed by atoms with van der Waals surface area (Å²) < 4.78 is 18.5. The largest absolute Gasteiger partial charge is 0.481 e. The fourth-order valence-corrected chi connectivity index (χ4v) is 4.33. The lowest BCUT2D eigenvalue weighted by atomic mass is 10.1. The molecular weight excluding hydrogens is 357 g/mol. The lowest BCUT2D eigenvalue weighted by Crippen LogP contribution is -2.36. The summed E-state index contributed by atoms with van der Waals surface area (Å²) in [7, 11) is 1.57. The Hall–Kier alpha value is -2.25. The molecule has 1 saturated heterocycles. The highest BCUT2D eigenvalue weighted by atomic mass is 32.1. The summed E-state index contributed by atoms with van der Waals surface area (Å²) in [5, 5.41) is 9.12. The van der Waals surface area contributed by atoms with E-state index in [1.54, 1.807) is 30.2 Å².